The molecular weight excluding hydrogens is 421 g/mol. The Kier molecular flexibility index (Phi) is 8.02. The normalized spacial score (nSPS) is 12.0. The van der Waals surface area contributed by atoms with E-state index in [0.29, 0.717) is 5.75 Å². The first kappa shape index (κ1) is 24.6. The van der Waals surface area contributed by atoms with Gasteiger partial charge in [0, 0.05) is 14.1 Å². The summed E-state index contributed by atoms with van der Waals surface area (Å²) < 4.78 is 46.0. The second-order valence-corrected chi connectivity index (χ2v) is 10.3. The van der Waals surface area contributed by atoms with Crippen molar-refractivity contribution in [2.75, 3.05) is 38.1 Å². The molecule has 0 bridgehead atoms. The number of carbonyl (C=O) groups excluding carboxylic acids is 1. The van der Waals surface area contributed by atoms with Crippen LogP contribution in [0, 0.1) is 5.82 Å². The van der Waals surface area contributed by atoms with E-state index in [-0.39, 0.29) is 24.3 Å². The number of amides is 1. The molecule has 0 aliphatic rings. The van der Waals surface area contributed by atoms with E-state index < -0.39 is 28.5 Å². The van der Waals surface area contributed by atoms with E-state index >= 15 is 0 Å². The van der Waals surface area contributed by atoms with Crippen LogP contribution in [0.1, 0.15) is 26.3 Å². The largest absolute Gasteiger partial charge is 0.492 e. The minimum Gasteiger partial charge on any atom is -0.492 e. The molecule has 1 N–H and O–H groups in total. The molecule has 0 heterocycles. The third-order valence-corrected chi connectivity index (χ3v) is 6.37. The minimum atomic E-state index is -3.94. The lowest BCUT2D eigenvalue weighted by Crippen LogP contribution is -2.46. The van der Waals surface area contributed by atoms with E-state index in [0.717, 1.165) is 20.7 Å². The van der Waals surface area contributed by atoms with E-state index in [2.05, 4.69) is 26.1 Å². The predicted octanol–water partition coefficient (Wildman–Crippen LogP) is 2.93. The van der Waals surface area contributed by atoms with Gasteiger partial charge in [0.15, 0.2) is 0 Å². The van der Waals surface area contributed by atoms with Crippen molar-refractivity contribution in [2.24, 2.45) is 0 Å². The third-order valence-electron chi connectivity index (χ3n) is 4.56. The molecule has 31 heavy (non-hydrogen) atoms. The molecule has 9 heteroatoms. The van der Waals surface area contributed by atoms with E-state index in [4.69, 9.17) is 4.74 Å². The van der Waals surface area contributed by atoms with Crippen LogP contribution >= 0.6 is 0 Å². The van der Waals surface area contributed by atoms with Gasteiger partial charge >= 0.3 is 10.2 Å². The van der Waals surface area contributed by atoms with Gasteiger partial charge in [0.25, 0.3) is 0 Å². The number of hydrogen-bond donors (Lipinski definition) is 1. The number of ether oxygens (including phenoxy) is 1. The summed E-state index contributed by atoms with van der Waals surface area (Å²) in [4.78, 5) is 12.4. The zero-order valence-corrected chi connectivity index (χ0v) is 19.4. The summed E-state index contributed by atoms with van der Waals surface area (Å²) in [6.07, 6.45) is 0. The molecule has 2 aromatic carbocycles. The second-order valence-electron chi connectivity index (χ2n) is 8.25. The summed E-state index contributed by atoms with van der Waals surface area (Å²) in [6.45, 7) is 6.39. The third kappa shape index (κ3) is 6.93. The number of anilines is 1. The highest BCUT2D eigenvalue weighted by Crippen LogP contribution is 2.24. The summed E-state index contributed by atoms with van der Waals surface area (Å²) in [5.74, 6) is -0.310. The highest BCUT2D eigenvalue weighted by atomic mass is 32.2. The fraction of sp³-hybridized carbons (Fsp3) is 0.409. The van der Waals surface area contributed by atoms with Gasteiger partial charge in [-0.2, -0.15) is 12.7 Å². The van der Waals surface area contributed by atoms with Gasteiger partial charge in [-0.3, -0.25) is 4.79 Å². The smallest absolute Gasteiger partial charge is 0.304 e. The Morgan fingerprint density at radius 3 is 2.13 bits per heavy atom. The number of benzene rings is 2. The van der Waals surface area contributed by atoms with Crippen LogP contribution in [0.3, 0.4) is 0 Å². The SMILES string of the molecule is CN(C)S(=O)(=O)N(CC(=O)NCCOc1ccc(C(C)(C)C)cc1)c1ccc(F)cc1. The first-order valence-electron chi connectivity index (χ1n) is 9.87. The standard InChI is InChI=1S/C22H30FN3O4S/c1-22(2,3)17-6-12-20(13-7-17)30-15-14-24-21(27)16-26(31(28,29)25(4)5)19-10-8-18(23)9-11-19/h6-13H,14-16H2,1-5H3,(H,24,27). The lowest BCUT2D eigenvalue weighted by atomic mass is 9.87. The van der Waals surface area contributed by atoms with Gasteiger partial charge in [0.2, 0.25) is 5.91 Å². The average Bonchev–Trinajstić information content (AvgIpc) is 2.69. The van der Waals surface area contributed by atoms with Crippen LogP contribution in [0.2, 0.25) is 0 Å². The molecule has 2 aromatic rings. The first-order chi connectivity index (χ1) is 14.4. The van der Waals surface area contributed by atoms with Crippen LogP contribution < -0.4 is 14.4 Å². The van der Waals surface area contributed by atoms with Crippen molar-refractivity contribution < 1.29 is 22.3 Å². The second kappa shape index (κ2) is 10.1. The number of halogens is 1. The number of carbonyl (C=O) groups is 1. The Bertz CT molecular complexity index is 969. The molecule has 7 nitrogen and oxygen atoms in total. The average molecular weight is 452 g/mol. The van der Waals surface area contributed by atoms with Gasteiger partial charge in [-0.25, -0.2) is 8.70 Å². The van der Waals surface area contributed by atoms with E-state index in [1.165, 1.54) is 31.8 Å². The monoisotopic (exact) mass is 451 g/mol. The maximum absolute atomic E-state index is 13.2. The molecule has 0 aliphatic heterocycles. The van der Waals surface area contributed by atoms with Crippen LogP contribution in [0.5, 0.6) is 5.75 Å². The van der Waals surface area contributed by atoms with Crippen LogP contribution in [0.4, 0.5) is 10.1 Å². The van der Waals surface area contributed by atoms with Gasteiger partial charge < -0.3 is 10.1 Å². The van der Waals surface area contributed by atoms with Crippen molar-refractivity contribution >= 4 is 21.8 Å². The number of nitrogens with zero attached hydrogens (tertiary/aromatic N) is 2. The molecule has 0 aromatic heterocycles. The first-order valence-corrected chi connectivity index (χ1v) is 11.3. The lowest BCUT2D eigenvalue weighted by Gasteiger charge is -2.26. The van der Waals surface area contributed by atoms with Crippen LogP contribution in [-0.4, -0.2) is 52.4 Å². The molecule has 170 valence electrons. The van der Waals surface area contributed by atoms with Gasteiger partial charge in [-0.05, 0) is 47.4 Å². The molecule has 0 fully saturated rings. The summed E-state index contributed by atoms with van der Waals surface area (Å²) in [7, 11) is -1.21. The Hall–Kier alpha value is -2.65. The molecule has 0 saturated heterocycles. The fourth-order valence-electron chi connectivity index (χ4n) is 2.71. The molecule has 0 radical (unpaired) electrons. The molecule has 2 rings (SSSR count). The van der Waals surface area contributed by atoms with Crippen molar-refractivity contribution in [1.82, 2.24) is 9.62 Å². The number of nitrogens with one attached hydrogen (secondary N) is 1. The Labute approximate surface area is 184 Å². The van der Waals surface area contributed by atoms with Crippen LogP contribution in [0.15, 0.2) is 48.5 Å². The quantitative estimate of drug-likeness (QED) is 0.595. The van der Waals surface area contributed by atoms with Gasteiger partial charge in [-0.1, -0.05) is 32.9 Å². The highest BCUT2D eigenvalue weighted by Gasteiger charge is 2.27. The fourth-order valence-corrected chi connectivity index (χ4v) is 3.77. The van der Waals surface area contributed by atoms with Crippen molar-refractivity contribution in [3.8, 4) is 5.75 Å². The zero-order valence-electron chi connectivity index (χ0n) is 18.6. The van der Waals surface area contributed by atoms with Crippen molar-refractivity contribution in [3.05, 3.63) is 59.9 Å². The van der Waals surface area contributed by atoms with Crippen molar-refractivity contribution in [2.45, 2.75) is 26.2 Å². The maximum atomic E-state index is 13.2. The van der Waals surface area contributed by atoms with E-state index in [1.54, 1.807) is 0 Å². The highest BCUT2D eigenvalue weighted by molar-refractivity contribution is 7.90. The van der Waals surface area contributed by atoms with Crippen molar-refractivity contribution in [1.29, 1.82) is 0 Å². The zero-order chi connectivity index (χ0) is 23.2. The lowest BCUT2D eigenvalue weighted by molar-refractivity contribution is -0.119. The molecule has 0 spiro atoms. The summed E-state index contributed by atoms with van der Waals surface area (Å²) >= 11 is 0. The van der Waals surface area contributed by atoms with Gasteiger partial charge in [0.05, 0.1) is 12.2 Å². The minimum absolute atomic E-state index is 0.0514. The Morgan fingerprint density at radius 2 is 1.61 bits per heavy atom. The number of hydrogen-bond acceptors (Lipinski definition) is 4. The molecule has 1 amide bonds. The molecule has 0 atom stereocenters. The summed E-state index contributed by atoms with van der Waals surface area (Å²) in [5.41, 5.74) is 1.44. The van der Waals surface area contributed by atoms with E-state index in [1.807, 2.05) is 24.3 Å². The van der Waals surface area contributed by atoms with E-state index in [9.17, 15) is 17.6 Å². The van der Waals surface area contributed by atoms with Crippen LogP contribution in [-0.2, 0) is 20.4 Å². The molecule has 0 unspecified atom stereocenters. The summed E-state index contributed by atoms with van der Waals surface area (Å²) in [5, 5.41) is 2.65. The van der Waals surface area contributed by atoms with Gasteiger partial charge in [0.1, 0.15) is 24.7 Å². The molecule has 0 aliphatic carbocycles. The number of rotatable bonds is 9. The summed E-state index contributed by atoms with van der Waals surface area (Å²) in [6, 6.07) is 12.7. The topological polar surface area (TPSA) is 79.0 Å². The Morgan fingerprint density at radius 1 is 1.03 bits per heavy atom. The Balaban J connectivity index is 1.93. The van der Waals surface area contributed by atoms with Crippen LogP contribution in [0.25, 0.3) is 0 Å². The predicted molar refractivity (Wildman–Crippen MR) is 120 cm³/mol. The maximum Gasteiger partial charge on any atom is 0.304 e. The molecular formula is C22H30FN3O4S. The van der Waals surface area contributed by atoms with Gasteiger partial charge in [-0.15, -0.1) is 0 Å². The molecule has 0 saturated carbocycles. The van der Waals surface area contributed by atoms with Crippen molar-refractivity contribution in [3.63, 3.8) is 0 Å².